The predicted molar refractivity (Wildman–Crippen MR) is 70.7 cm³/mol. The lowest BCUT2D eigenvalue weighted by atomic mass is 10.0. The molecule has 1 aromatic carbocycles. The van der Waals surface area contributed by atoms with E-state index in [2.05, 4.69) is 10.3 Å². The van der Waals surface area contributed by atoms with Crippen molar-refractivity contribution < 1.29 is 9.13 Å². The minimum atomic E-state index is -0.271. The molecule has 0 saturated heterocycles. The minimum Gasteiger partial charge on any atom is -0.496 e. The highest BCUT2D eigenvalue weighted by atomic mass is 32.1. The lowest BCUT2D eigenvalue weighted by Gasteiger charge is -2.17. The predicted octanol–water partition coefficient (Wildman–Crippen LogP) is 2.91. The van der Waals surface area contributed by atoms with Gasteiger partial charge in [-0.15, -0.1) is 11.3 Å². The highest BCUT2D eigenvalue weighted by molar-refractivity contribution is 7.11. The van der Waals surface area contributed by atoms with Crippen molar-refractivity contribution >= 4 is 11.3 Å². The Morgan fingerprint density at radius 3 is 2.78 bits per heavy atom. The molecule has 5 heteroatoms. The van der Waals surface area contributed by atoms with Crippen LogP contribution >= 0.6 is 11.3 Å². The van der Waals surface area contributed by atoms with Crippen LogP contribution < -0.4 is 10.1 Å². The fourth-order valence-corrected chi connectivity index (χ4v) is 2.81. The molecule has 0 fully saturated rings. The summed E-state index contributed by atoms with van der Waals surface area (Å²) in [6, 6.07) is 4.42. The van der Waals surface area contributed by atoms with Gasteiger partial charge in [0.2, 0.25) is 0 Å². The monoisotopic (exact) mass is 266 g/mol. The van der Waals surface area contributed by atoms with Crippen LogP contribution in [0.25, 0.3) is 0 Å². The number of hydrogen-bond donors (Lipinski definition) is 1. The van der Waals surface area contributed by atoms with E-state index in [4.69, 9.17) is 4.74 Å². The van der Waals surface area contributed by atoms with Crippen molar-refractivity contribution in [2.75, 3.05) is 14.2 Å². The van der Waals surface area contributed by atoms with Gasteiger partial charge in [-0.3, -0.25) is 0 Å². The summed E-state index contributed by atoms with van der Waals surface area (Å²) in [6.07, 6.45) is 1.81. The van der Waals surface area contributed by atoms with Crippen molar-refractivity contribution in [2.24, 2.45) is 0 Å². The Morgan fingerprint density at radius 2 is 2.22 bits per heavy atom. The highest BCUT2D eigenvalue weighted by Gasteiger charge is 2.19. The number of thiazole rings is 1. The number of rotatable bonds is 4. The normalized spacial score (nSPS) is 12.4. The number of halogens is 1. The van der Waals surface area contributed by atoms with Crippen LogP contribution in [0, 0.1) is 12.7 Å². The van der Waals surface area contributed by atoms with Crippen molar-refractivity contribution in [3.63, 3.8) is 0 Å². The Bertz CT molecular complexity index is 542. The zero-order chi connectivity index (χ0) is 13.1. The molecule has 1 aromatic heterocycles. The number of aryl methyl sites for hydroxylation is 1. The molecule has 1 atom stereocenters. The summed E-state index contributed by atoms with van der Waals surface area (Å²) >= 11 is 1.59. The number of ether oxygens (including phenoxy) is 1. The van der Waals surface area contributed by atoms with E-state index in [0.717, 1.165) is 15.4 Å². The first-order valence-electron chi connectivity index (χ1n) is 5.58. The largest absolute Gasteiger partial charge is 0.496 e. The molecule has 0 amide bonds. The molecule has 0 saturated carbocycles. The summed E-state index contributed by atoms with van der Waals surface area (Å²) in [4.78, 5) is 5.27. The molecule has 1 heterocycles. The fraction of sp³-hybridized carbons (Fsp3) is 0.308. The van der Waals surface area contributed by atoms with E-state index in [-0.39, 0.29) is 11.9 Å². The molecule has 0 spiro atoms. The molecule has 96 valence electrons. The number of nitrogens with zero attached hydrogens (tertiary/aromatic N) is 1. The first kappa shape index (κ1) is 13.0. The molecule has 0 radical (unpaired) electrons. The van der Waals surface area contributed by atoms with Crippen molar-refractivity contribution in [2.45, 2.75) is 13.0 Å². The molecule has 0 bridgehead atoms. The van der Waals surface area contributed by atoms with Crippen LogP contribution in [0.3, 0.4) is 0 Å². The second-order valence-corrected chi connectivity index (χ2v) is 5.16. The third-order valence-corrected chi connectivity index (χ3v) is 3.69. The zero-order valence-electron chi connectivity index (χ0n) is 10.5. The van der Waals surface area contributed by atoms with Crippen LogP contribution in [0.2, 0.25) is 0 Å². The summed E-state index contributed by atoms with van der Waals surface area (Å²) in [5, 5.41) is 4.16. The van der Waals surface area contributed by atoms with Crippen molar-refractivity contribution in [1.29, 1.82) is 0 Å². The van der Waals surface area contributed by atoms with Crippen LogP contribution in [0.5, 0.6) is 5.75 Å². The van der Waals surface area contributed by atoms with E-state index in [1.54, 1.807) is 24.5 Å². The number of aromatic nitrogens is 1. The van der Waals surface area contributed by atoms with Crippen LogP contribution in [0.4, 0.5) is 4.39 Å². The highest BCUT2D eigenvalue weighted by Crippen LogP contribution is 2.32. The van der Waals surface area contributed by atoms with Crippen molar-refractivity contribution in [3.05, 3.63) is 45.7 Å². The van der Waals surface area contributed by atoms with Gasteiger partial charge in [0.05, 0.1) is 18.2 Å². The molecular weight excluding hydrogens is 251 g/mol. The molecular formula is C13H15FN2OS. The number of hydrogen-bond acceptors (Lipinski definition) is 4. The quantitative estimate of drug-likeness (QED) is 0.924. The third kappa shape index (κ3) is 2.52. The first-order chi connectivity index (χ1) is 8.65. The van der Waals surface area contributed by atoms with Gasteiger partial charge in [-0.1, -0.05) is 0 Å². The standard InChI is InChI=1S/C13H15FN2OS/c1-8-16-7-12(18-8)13(15-2)10-6-9(14)4-5-11(10)17-3/h4-7,13,15H,1-3H3. The molecule has 0 aliphatic carbocycles. The van der Waals surface area contributed by atoms with Gasteiger partial charge in [-0.2, -0.15) is 0 Å². The van der Waals surface area contributed by atoms with E-state index in [1.165, 1.54) is 12.1 Å². The maximum atomic E-state index is 13.4. The van der Waals surface area contributed by atoms with Gasteiger partial charge >= 0.3 is 0 Å². The van der Waals surface area contributed by atoms with Gasteiger partial charge in [-0.05, 0) is 32.2 Å². The third-order valence-electron chi connectivity index (χ3n) is 2.72. The second kappa shape index (κ2) is 5.46. The summed E-state index contributed by atoms with van der Waals surface area (Å²) in [7, 11) is 3.42. The SMILES string of the molecule is CNC(c1cnc(C)s1)c1cc(F)ccc1OC. The Morgan fingerprint density at radius 1 is 1.44 bits per heavy atom. The Hall–Kier alpha value is -1.46. The summed E-state index contributed by atoms with van der Waals surface area (Å²) in [5.41, 5.74) is 0.781. The Labute approximate surface area is 110 Å². The van der Waals surface area contributed by atoms with Gasteiger partial charge in [0, 0.05) is 16.6 Å². The Balaban J connectivity index is 2.47. The topological polar surface area (TPSA) is 34.2 Å². The lowest BCUT2D eigenvalue weighted by molar-refractivity contribution is 0.404. The zero-order valence-corrected chi connectivity index (χ0v) is 11.3. The minimum absolute atomic E-state index is 0.109. The summed E-state index contributed by atoms with van der Waals surface area (Å²) < 4.78 is 18.7. The van der Waals surface area contributed by atoms with Crippen LogP contribution in [0.1, 0.15) is 21.5 Å². The molecule has 0 aliphatic heterocycles. The fourth-order valence-electron chi connectivity index (χ4n) is 1.89. The summed E-state index contributed by atoms with van der Waals surface area (Å²) in [5.74, 6) is 0.397. The van der Waals surface area contributed by atoms with Crippen molar-refractivity contribution in [3.8, 4) is 5.75 Å². The van der Waals surface area contributed by atoms with E-state index in [0.29, 0.717) is 5.75 Å². The molecule has 2 aromatic rings. The van der Waals surface area contributed by atoms with E-state index in [9.17, 15) is 4.39 Å². The average molecular weight is 266 g/mol. The van der Waals surface area contributed by atoms with Gasteiger partial charge < -0.3 is 10.1 Å². The molecule has 1 unspecified atom stereocenters. The molecule has 18 heavy (non-hydrogen) atoms. The first-order valence-corrected chi connectivity index (χ1v) is 6.40. The van der Waals surface area contributed by atoms with Crippen molar-refractivity contribution in [1.82, 2.24) is 10.3 Å². The molecule has 2 rings (SSSR count). The molecule has 0 aliphatic rings. The van der Waals surface area contributed by atoms with Crippen LogP contribution in [-0.4, -0.2) is 19.1 Å². The average Bonchev–Trinajstić information content (AvgIpc) is 2.77. The Kier molecular flexibility index (Phi) is 3.93. The second-order valence-electron chi connectivity index (χ2n) is 3.89. The van der Waals surface area contributed by atoms with Gasteiger partial charge in [0.25, 0.3) is 0 Å². The molecule has 3 nitrogen and oxygen atoms in total. The number of nitrogens with one attached hydrogen (secondary N) is 1. The van der Waals surface area contributed by atoms with Crippen LogP contribution in [-0.2, 0) is 0 Å². The smallest absolute Gasteiger partial charge is 0.124 e. The lowest BCUT2D eigenvalue weighted by Crippen LogP contribution is -2.17. The van der Waals surface area contributed by atoms with Gasteiger partial charge in [0.1, 0.15) is 11.6 Å². The van der Waals surface area contributed by atoms with Gasteiger partial charge in [-0.25, -0.2) is 9.37 Å². The van der Waals surface area contributed by atoms with Gasteiger partial charge in [0.15, 0.2) is 0 Å². The van der Waals surface area contributed by atoms with Crippen LogP contribution in [0.15, 0.2) is 24.4 Å². The maximum Gasteiger partial charge on any atom is 0.124 e. The van der Waals surface area contributed by atoms with E-state index < -0.39 is 0 Å². The molecule has 1 N–H and O–H groups in total. The van der Waals surface area contributed by atoms with E-state index >= 15 is 0 Å². The van der Waals surface area contributed by atoms with E-state index in [1.807, 2.05) is 20.2 Å². The summed E-state index contributed by atoms with van der Waals surface area (Å²) in [6.45, 7) is 1.95. The number of methoxy groups -OCH3 is 1. The maximum absolute atomic E-state index is 13.4. The number of benzene rings is 1.